The van der Waals surface area contributed by atoms with Gasteiger partial charge in [0.25, 0.3) is 5.91 Å². The van der Waals surface area contributed by atoms with E-state index in [1.807, 2.05) is 56.3 Å². The fourth-order valence-corrected chi connectivity index (χ4v) is 4.02. The van der Waals surface area contributed by atoms with Gasteiger partial charge in [0.1, 0.15) is 18.1 Å². The summed E-state index contributed by atoms with van der Waals surface area (Å²) in [5.74, 6) is 1.41. The highest BCUT2D eigenvalue weighted by Gasteiger charge is 2.25. The monoisotopic (exact) mass is 449 g/mol. The van der Waals surface area contributed by atoms with Gasteiger partial charge >= 0.3 is 0 Å². The Balaban J connectivity index is 1.62. The van der Waals surface area contributed by atoms with Gasteiger partial charge in [-0.05, 0) is 43.8 Å². The van der Waals surface area contributed by atoms with Gasteiger partial charge in [0.05, 0.1) is 13.2 Å². The molecule has 0 saturated carbocycles. The van der Waals surface area contributed by atoms with Gasteiger partial charge in [-0.15, -0.1) is 0 Å². The Bertz CT molecular complexity index is 1090. The zero-order chi connectivity index (χ0) is 23.2. The van der Waals surface area contributed by atoms with Crippen molar-refractivity contribution in [1.82, 2.24) is 15.0 Å². The number of fused-ring (bicyclic) bond motifs is 3. The van der Waals surface area contributed by atoms with E-state index < -0.39 is 0 Å². The Morgan fingerprint density at radius 3 is 2.73 bits per heavy atom. The van der Waals surface area contributed by atoms with Crippen molar-refractivity contribution in [3.63, 3.8) is 0 Å². The Hall–Kier alpha value is -3.16. The zero-order valence-electron chi connectivity index (χ0n) is 19.5. The molecule has 174 valence electrons. The first-order chi connectivity index (χ1) is 16.0. The number of hydrogen-bond donors (Lipinski definition) is 0. The molecule has 2 bridgehead atoms. The molecule has 33 heavy (non-hydrogen) atoms. The normalized spacial score (nSPS) is 15.0. The largest absolute Gasteiger partial charge is 0.491 e. The first-order valence-electron chi connectivity index (χ1n) is 11.3. The van der Waals surface area contributed by atoms with E-state index in [-0.39, 0.29) is 5.91 Å². The highest BCUT2D eigenvalue weighted by Crippen LogP contribution is 2.23. The average molecular weight is 450 g/mol. The zero-order valence-corrected chi connectivity index (χ0v) is 19.5. The number of rotatable bonds is 3. The maximum absolute atomic E-state index is 13.5. The van der Waals surface area contributed by atoms with Crippen LogP contribution in [0.25, 0.3) is 0 Å². The summed E-state index contributed by atoms with van der Waals surface area (Å²) in [6, 6.07) is 16.4. The summed E-state index contributed by atoms with van der Waals surface area (Å²) in [7, 11) is 3.92. The van der Waals surface area contributed by atoms with E-state index in [2.05, 4.69) is 23.4 Å². The topological polar surface area (TPSA) is 68.0 Å². The molecule has 1 aromatic heterocycles. The van der Waals surface area contributed by atoms with Crippen molar-refractivity contribution in [2.24, 2.45) is 0 Å². The van der Waals surface area contributed by atoms with Crippen LogP contribution in [0.1, 0.15) is 38.5 Å². The Labute approximate surface area is 194 Å². The van der Waals surface area contributed by atoms with Crippen LogP contribution < -0.4 is 4.74 Å². The predicted octanol–water partition coefficient (Wildman–Crippen LogP) is 3.69. The predicted molar refractivity (Wildman–Crippen MR) is 125 cm³/mol. The SMILES string of the molecule is Cc1onc(C(=O)N2CCOCCOc3ccccc3Cc3cccc(c3)C2)c1CN(C)C. The quantitative estimate of drug-likeness (QED) is 0.608. The van der Waals surface area contributed by atoms with E-state index in [0.717, 1.165) is 28.9 Å². The molecule has 1 aliphatic heterocycles. The third-order valence-corrected chi connectivity index (χ3v) is 5.67. The number of ether oxygens (including phenoxy) is 2. The summed E-state index contributed by atoms with van der Waals surface area (Å²) >= 11 is 0. The van der Waals surface area contributed by atoms with Crippen LogP contribution in [-0.4, -0.2) is 61.3 Å². The second kappa shape index (κ2) is 10.6. The molecule has 0 aliphatic carbocycles. The maximum Gasteiger partial charge on any atom is 0.276 e. The van der Waals surface area contributed by atoms with E-state index >= 15 is 0 Å². The van der Waals surface area contributed by atoms with E-state index in [0.29, 0.717) is 50.9 Å². The van der Waals surface area contributed by atoms with Gasteiger partial charge in [-0.3, -0.25) is 4.79 Å². The number of carbonyl (C=O) groups is 1. The second-order valence-electron chi connectivity index (χ2n) is 8.60. The van der Waals surface area contributed by atoms with Crippen molar-refractivity contribution in [1.29, 1.82) is 0 Å². The van der Waals surface area contributed by atoms with Crippen molar-refractivity contribution >= 4 is 5.91 Å². The molecular formula is C26H31N3O4. The molecule has 0 spiro atoms. The highest BCUT2D eigenvalue weighted by atomic mass is 16.5. The fraction of sp³-hybridized carbons (Fsp3) is 0.385. The molecule has 7 nitrogen and oxygen atoms in total. The molecule has 3 aromatic rings. The minimum atomic E-state index is -0.147. The standard InChI is InChI=1S/C26H31N3O4/c1-19-23(18-28(2)3)25(27-33-19)26(30)29-11-12-31-13-14-32-24-10-5-4-9-22(24)16-20-7-6-8-21(15-20)17-29/h4-10,15H,11-14,16-18H2,1-3H3. The number of hydrogen-bond acceptors (Lipinski definition) is 6. The number of carbonyl (C=O) groups excluding carboxylic acids is 1. The van der Waals surface area contributed by atoms with E-state index in [9.17, 15) is 4.79 Å². The number of aryl methyl sites for hydroxylation is 1. The average Bonchev–Trinajstić information content (AvgIpc) is 3.15. The van der Waals surface area contributed by atoms with Gasteiger partial charge < -0.3 is 23.8 Å². The van der Waals surface area contributed by atoms with Crippen LogP contribution in [0.3, 0.4) is 0 Å². The Kier molecular flexibility index (Phi) is 7.42. The summed E-state index contributed by atoms with van der Waals surface area (Å²) in [6.45, 7) is 4.69. The molecule has 7 heteroatoms. The molecule has 0 N–H and O–H groups in total. The van der Waals surface area contributed by atoms with Gasteiger partial charge in [0, 0.05) is 31.6 Å². The van der Waals surface area contributed by atoms with Crippen LogP contribution in [0.4, 0.5) is 0 Å². The summed E-state index contributed by atoms with van der Waals surface area (Å²) in [5, 5.41) is 4.10. The lowest BCUT2D eigenvalue weighted by Gasteiger charge is -2.23. The molecular weight excluding hydrogens is 418 g/mol. The van der Waals surface area contributed by atoms with Gasteiger partial charge in [-0.2, -0.15) is 0 Å². The minimum Gasteiger partial charge on any atom is -0.491 e. The first-order valence-corrected chi connectivity index (χ1v) is 11.3. The lowest BCUT2D eigenvalue weighted by Crippen LogP contribution is -2.35. The summed E-state index contributed by atoms with van der Waals surface area (Å²) in [6.07, 6.45) is 0.758. The van der Waals surface area contributed by atoms with Gasteiger partial charge in [0.2, 0.25) is 0 Å². The first kappa shape index (κ1) is 23.0. The molecule has 1 amide bonds. The van der Waals surface area contributed by atoms with Crippen LogP contribution >= 0.6 is 0 Å². The van der Waals surface area contributed by atoms with Gasteiger partial charge in [0.15, 0.2) is 5.69 Å². The lowest BCUT2D eigenvalue weighted by atomic mass is 10.0. The molecule has 0 unspecified atom stereocenters. The second-order valence-corrected chi connectivity index (χ2v) is 8.60. The molecule has 0 saturated heterocycles. The van der Waals surface area contributed by atoms with Crippen molar-refractivity contribution in [3.05, 3.63) is 82.2 Å². The molecule has 1 aliphatic rings. The molecule has 2 aromatic carbocycles. The Morgan fingerprint density at radius 2 is 1.88 bits per heavy atom. The highest BCUT2D eigenvalue weighted by molar-refractivity contribution is 5.93. The number of para-hydroxylation sites is 1. The van der Waals surface area contributed by atoms with E-state index in [1.54, 1.807) is 4.90 Å². The fourth-order valence-electron chi connectivity index (χ4n) is 4.02. The summed E-state index contributed by atoms with van der Waals surface area (Å²) in [5.41, 5.74) is 4.56. The molecule has 4 rings (SSSR count). The van der Waals surface area contributed by atoms with Crippen molar-refractivity contribution in [2.45, 2.75) is 26.4 Å². The van der Waals surface area contributed by atoms with E-state index in [1.165, 1.54) is 5.56 Å². The third kappa shape index (κ3) is 5.80. The van der Waals surface area contributed by atoms with Gasteiger partial charge in [-0.25, -0.2) is 0 Å². The van der Waals surface area contributed by atoms with Crippen LogP contribution in [0.2, 0.25) is 0 Å². The molecule has 0 radical (unpaired) electrons. The number of aromatic nitrogens is 1. The van der Waals surface area contributed by atoms with Crippen LogP contribution in [0.5, 0.6) is 5.75 Å². The summed E-state index contributed by atoms with van der Waals surface area (Å²) < 4.78 is 17.1. The third-order valence-electron chi connectivity index (χ3n) is 5.67. The van der Waals surface area contributed by atoms with Crippen LogP contribution in [0, 0.1) is 6.92 Å². The van der Waals surface area contributed by atoms with Crippen LogP contribution in [-0.2, 0) is 24.2 Å². The van der Waals surface area contributed by atoms with E-state index in [4.69, 9.17) is 14.0 Å². The summed E-state index contributed by atoms with van der Waals surface area (Å²) in [4.78, 5) is 17.3. The number of benzene rings is 2. The molecule has 0 atom stereocenters. The van der Waals surface area contributed by atoms with Crippen LogP contribution in [0.15, 0.2) is 53.1 Å². The molecule has 2 heterocycles. The molecule has 0 fully saturated rings. The van der Waals surface area contributed by atoms with Crippen molar-refractivity contribution in [2.75, 3.05) is 40.5 Å². The van der Waals surface area contributed by atoms with Crippen molar-refractivity contribution < 1.29 is 18.8 Å². The minimum absolute atomic E-state index is 0.147. The number of amides is 1. The number of nitrogens with zero attached hydrogens (tertiary/aromatic N) is 3. The lowest BCUT2D eigenvalue weighted by molar-refractivity contribution is 0.0562. The van der Waals surface area contributed by atoms with Gasteiger partial charge in [-0.1, -0.05) is 47.6 Å². The smallest absolute Gasteiger partial charge is 0.276 e. The Morgan fingerprint density at radius 1 is 1.06 bits per heavy atom. The van der Waals surface area contributed by atoms with Crippen molar-refractivity contribution in [3.8, 4) is 5.75 Å². The maximum atomic E-state index is 13.5.